The molecule has 1 aliphatic heterocycles. The Morgan fingerprint density at radius 1 is 1.09 bits per heavy atom. The van der Waals surface area contributed by atoms with Crippen molar-refractivity contribution >= 4 is 15.9 Å². The lowest BCUT2D eigenvalue weighted by Gasteiger charge is -2.35. The second kappa shape index (κ2) is 11.7. The van der Waals surface area contributed by atoms with E-state index in [1.807, 2.05) is 0 Å². The number of hydrogen-bond acceptors (Lipinski definition) is 6. The molecule has 0 bridgehead atoms. The van der Waals surface area contributed by atoms with Crippen LogP contribution in [0.2, 0.25) is 0 Å². The summed E-state index contributed by atoms with van der Waals surface area (Å²) in [6, 6.07) is 11.0. The van der Waals surface area contributed by atoms with E-state index in [1.54, 1.807) is 38.1 Å². The van der Waals surface area contributed by atoms with Gasteiger partial charge in [0.15, 0.2) is 0 Å². The molecule has 10 heteroatoms. The summed E-state index contributed by atoms with van der Waals surface area (Å²) in [7, 11) is -2.43. The lowest BCUT2D eigenvalue weighted by atomic mass is 10.0. The van der Waals surface area contributed by atoms with Gasteiger partial charge in [-0.25, -0.2) is 12.8 Å². The molecule has 0 saturated carbocycles. The molecular formula is C24H32FN3O5S. The lowest BCUT2D eigenvalue weighted by molar-refractivity contribution is -0.124. The Morgan fingerprint density at radius 2 is 1.71 bits per heavy atom. The van der Waals surface area contributed by atoms with Crippen LogP contribution in [0.1, 0.15) is 25.5 Å². The number of sulfonamides is 1. The molecule has 1 unspecified atom stereocenters. The Labute approximate surface area is 200 Å². The van der Waals surface area contributed by atoms with Gasteiger partial charge in [-0.05, 0) is 47.9 Å². The number of carbonyl (C=O) groups is 1. The number of methoxy groups -OCH3 is 1. The molecule has 1 saturated heterocycles. The largest absolute Gasteiger partial charge is 0.497 e. The number of nitrogens with one attached hydrogen (secondary N) is 2. The van der Waals surface area contributed by atoms with Crippen LogP contribution in [-0.2, 0) is 19.6 Å². The van der Waals surface area contributed by atoms with Crippen LogP contribution in [0.25, 0.3) is 0 Å². The molecule has 1 amide bonds. The number of benzene rings is 2. The zero-order chi connectivity index (χ0) is 24.7. The van der Waals surface area contributed by atoms with E-state index in [1.165, 1.54) is 31.4 Å². The van der Waals surface area contributed by atoms with E-state index in [4.69, 9.17) is 9.47 Å². The fraction of sp³-hybridized carbons (Fsp3) is 0.458. The van der Waals surface area contributed by atoms with Gasteiger partial charge in [0.1, 0.15) is 17.6 Å². The number of hydrogen-bond donors (Lipinski definition) is 2. The topological polar surface area (TPSA) is 97.0 Å². The maximum atomic E-state index is 13.5. The van der Waals surface area contributed by atoms with Crippen molar-refractivity contribution in [2.24, 2.45) is 5.92 Å². The van der Waals surface area contributed by atoms with Crippen LogP contribution in [0.15, 0.2) is 53.4 Å². The summed E-state index contributed by atoms with van der Waals surface area (Å²) in [4.78, 5) is 15.3. The molecule has 1 heterocycles. The quantitative estimate of drug-likeness (QED) is 0.527. The van der Waals surface area contributed by atoms with Gasteiger partial charge in [-0.2, -0.15) is 4.72 Å². The average Bonchev–Trinajstić information content (AvgIpc) is 2.84. The maximum absolute atomic E-state index is 13.5. The van der Waals surface area contributed by atoms with Crippen molar-refractivity contribution in [3.63, 3.8) is 0 Å². The first-order chi connectivity index (χ1) is 16.2. The van der Waals surface area contributed by atoms with E-state index in [0.717, 1.165) is 5.56 Å². The Kier molecular flexibility index (Phi) is 9.01. The van der Waals surface area contributed by atoms with Gasteiger partial charge in [0.25, 0.3) is 0 Å². The van der Waals surface area contributed by atoms with Gasteiger partial charge in [0, 0.05) is 19.6 Å². The summed E-state index contributed by atoms with van der Waals surface area (Å²) in [5.74, 6) is -0.512. The third kappa shape index (κ3) is 6.75. The van der Waals surface area contributed by atoms with Gasteiger partial charge < -0.3 is 14.8 Å². The van der Waals surface area contributed by atoms with Crippen molar-refractivity contribution in [1.29, 1.82) is 0 Å². The van der Waals surface area contributed by atoms with E-state index < -0.39 is 22.0 Å². The van der Waals surface area contributed by atoms with Crippen LogP contribution in [0, 0.1) is 11.7 Å². The first-order valence-electron chi connectivity index (χ1n) is 11.2. The summed E-state index contributed by atoms with van der Waals surface area (Å²) in [5, 5.41) is 2.90. The number of ether oxygens (including phenoxy) is 2. The minimum absolute atomic E-state index is 0.0456. The molecule has 8 nitrogen and oxygen atoms in total. The first-order valence-corrected chi connectivity index (χ1v) is 12.7. The van der Waals surface area contributed by atoms with Gasteiger partial charge in [0.05, 0.1) is 31.3 Å². The van der Waals surface area contributed by atoms with Crippen molar-refractivity contribution < 1.29 is 27.1 Å². The number of amides is 1. The highest BCUT2D eigenvalue weighted by Gasteiger charge is 2.30. The fourth-order valence-corrected chi connectivity index (χ4v) is 5.17. The van der Waals surface area contributed by atoms with Gasteiger partial charge in [0.2, 0.25) is 15.9 Å². The van der Waals surface area contributed by atoms with Gasteiger partial charge in [-0.1, -0.05) is 26.0 Å². The van der Waals surface area contributed by atoms with Crippen molar-refractivity contribution in [3.05, 3.63) is 59.9 Å². The highest BCUT2D eigenvalue weighted by molar-refractivity contribution is 7.89. The summed E-state index contributed by atoms with van der Waals surface area (Å²) in [6.07, 6.45) is 0. The molecule has 2 aromatic carbocycles. The Bertz CT molecular complexity index is 1040. The number of halogens is 1. The molecule has 2 aromatic rings. The number of morpholine rings is 1. The van der Waals surface area contributed by atoms with Gasteiger partial charge >= 0.3 is 0 Å². The first kappa shape index (κ1) is 26.1. The van der Waals surface area contributed by atoms with E-state index in [9.17, 15) is 17.6 Å². The van der Waals surface area contributed by atoms with Crippen molar-refractivity contribution in [3.8, 4) is 5.75 Å². The van der Waals surface area contributed by atoms with Crippen molar-refractivity contribution in [1.82, 2.24) is 14.9 Å². The summed E-state index contributed by atoms with van der Waals surface area (Å²) in [5.41, 5.74) is 0.864. The molecule has 186 valence electrons. The molecule has 1 fully saturated rings. The second-order valence-electron chi connectivity index (χ2n) is 8.48. The molecule has 3 rings (SSSR count). The lowest BCUT2D eigenvalue weighted by Crippen LogP contribution is -2.51. The Balaban J connectivity index is 1.73. The molecule has 2 atom stereocenters. The monoisotopic (exact) mass is 493 g/mol. The molecule has 34 heavy (non-hydrogen) atoms. The third-order valence-corrected chi connectivity index (χ3v) is 7.27. The normalized spacial score (nSPS) is 16.7. The molecule has 2 N–H and O–H groups in total. The van der Waals surface area contributed by atoms with Crippen LogP contribution in [-0.4, -0.2) is 65.2 Å². The second-order valence-corrected chi connectivity index (χ2v) is 10.2. The van der Waals surface area contributed by atoms with Gasteiger partial charge in [-0.15, -0.1) is 0 Å². The third-order valence-electron chi connectivity index (χ3n) is 5.81. The highest BCUT2D eigenvalue weighted by Crippen LogP contribution is 2.22. The standard InChI is InChI=1S/C24H32FN3O5S/c1-17(2)23(27-34(30,31)21-10-8-20(32-3)9-11-21)24(29)26-16-22(28-12-14-33-15-13-28)18-4-6-19(25)7-5-18/h4-11,17,22-23,27H,12-16H2,1-3H3,(H,26,29)/t22?,23-/m0/s1. The Hall–Kier alpha value is -2.53. The molecule has 0 spiro atoms. The average molecular weight is 494 g/mol. The number of carbonyl (C=O) groups excluding carboxylic acids is 1. The predicted molar refractivity (Wildman–Crippen MR) is 126 cm³/mol. The van der Waals surface area contributed by atoms with Gasteiger partial charge in [-0.3, -0.25) is 9.69 Å². The van der Waals surface area contributed by atoms with E-state index in [-0.39, 0.29) is 29.2 Å². The molecule has 0 radical (unpaired) electrons. The smallest absolute Gasteiger partial charge is 0.241 e. The summed E-state index contributed by atoms with van der Waals surface area (Å²) in [6.45, 7) is 6.30. The minimum Gasteiger partial charge on any atom is -0.497 e. The predicted octanol–water partition coefficient (Wildman–Crippen LogP) is 2.33. The zero-order valence-electron chi connectivity index (χ0n) is 19.7. The SMILES string of the molecule is COc1ccc(S(=O)(=O)N[C@H](C(=O)NCC(c2ccc(F)cc2)N2CCOCC2)C(C)C)cc1. The van der Waals surface area contributed by atoms with E-state index in [0.29, 0.717) is 32.1 Å². The van der Waals surface area contributed by atoms with Crippen LogP contribution in [0.5, 0.6) is 5.75 Å². The maximum Gasteiger partial charge on any atom is 0.241 e. The Morgan fingerprint density at radius 3 is 2.26 bits per heavy atom. The molecule has 1 aliphatic rings. The molecular weight excluding hydrogens is 461 g/mol. The van der Waals surface area contributed by atoms with Crippen molar-refractivity contribution in [2.75, 3.05) is 40.0 Å². The van der Waals surface area contributed by atoms with Crippen LogP contribution in [0.3, 0.4) is 0 Å². The number of rotatable bonds is 10. The summed E-state index contributed by atoms with van der Waals surface area (Å²) >= 11 is 0. The van der Waals surface area contributed by atoms with E-state index in [2.05, 4.69) is 14.9 Å². The van der Waals surface area contributed by atoms with E-state index >= 15 is 0 Å². The zero-order valence-corrected chi connectivity index (χ0v) is 20.5. The minimum atomic E-state index is -3.93. The van der Waals surface area contributed by atoms with Crippen LogP contribution < -0.4 is 14.8 Å². The molecule has 0 aliphatic carbocycles. The fourth-order valence-electron chi connectivity index (χ4n) is 3.82. The molecule has 0 aromatic heterocycles. The van der Waals surface area contributed by atoms with Crippen LogP contribution in [0.4, 0.5) is 4.39 Å². The van der Waals surface area contributed by atoms with Crippen LogP contribution >= 0.6 is 0 Å². The highest BCUT2D eigenvalue weighted by atomic mass is 32.2. The van der Waals surface area contributed by atoms with Crippen molar-refractivity contribution in [2.45, 2.75) is 30.8 Å². The summed E-state index contributed by atoms with van der Waals surface area (Å²) < 4.78 is 52.3. The number of nitrogens with zero attached hydrogens (tertiary/aromatic N) is 1.